The monoisotopic (exact) mass is 500 g/mol. The zero-order chi connectivity index (χ0) is 25.1. The summed E-state index contributed by atoms with van der Waals surface area (Å²) < 4.78 is 5.74. The molecule has 4 rings (SSSR count). The number of nitrogens with zero attached hydrogens (tertiary/aromatic N) is 3. The van der Waals surface area contributed by atoms with E-state index in [0.29, 0.717) is 19.0 Å². The van der Waals surface area contributed by atoms with Crippen LogP contribution in [0.25, 0.3) is 0 Å². The van der Waals surface area contributed by atoms with Gasteiger partial charge in [-0.2, -0.15) is 0 Å². The lowest BCUT2D eigenvalue weighted by Crippen LogP contribution is -2.49. The maximum atomic E-state index is 13.0. The zero-order valence-electron chi connectivity index (χ0n) is 21.1. The van der Waals surface area contributed by atoms with Crippen LogP contribution in [0.15, 0.2) is 34.5 Å². The van der Waals surface area contributed by atoms with Crippen LogP contribution in [-0.4, -0.2) is 72.3 Å². The van der Waals surface area contributed by atoms with Gasteiger partial charge in [0, 0.05) is 42.5 Å². The number of ether oxygens (including phenoxy) is 1. The normalized spacial score (nSPS) is 26.3. The predicted molar refractivity (Wildman–Crippen MR) is 139 cm³/mol. The number of likely N-dealkylation sites (tertiary alicyclic amines) is 1. The lowest BCUT2D eigenvalue weighted by Gasteiger charge is -2.35. The quantitative estimate of drug-likeness (QED) is 0.636. The van der Waals surface area contributed by atoms with Crippen molar-refractivity contribution in [2.24, 2.45) is 10.7 Å². The molecule has 2 saturated heterocycles. The van der Waals surface area contributed by atoms with Crippen LogP contribution in [0.3, 0.4) is 0 Å². The summed E-state index contributed by atoms with van der Waals surface area (Å²) in [7, 11) is 0. The number of piperidine rings is 1. The standard InChI is InChI=1S/C27H37ClN4O3/c1-17-15-32(16-18(2)35-17)27(34)26(29)22-7-5-9-24(22)30-14-25(33)31-12-10-20(11-13-31)21-6-4-8-23(28)19(21)3/h4,6,8,17-18,20H,5,7,9-16,29H2,1-3H3/b26-22-,30-24?/t17-,18+. The van der Waals surface area contributed by atoms with Crippen LogP contribution in [0.5, 0.6) is 0 Å². The van der Waals surface area contributed by atoms with E-state index in [4.69, 9.17) is 22.1 Å². The van der Waals surface area contributed by atoms with Crippen molar-refractivity contribution in [1.82, 2.24) is 9.80 Å². The van der Waals surface area contributed by atoms with Crippen molar-refractivity contribution in [1.29, 1.82) is 0 Å². The molecule has 0 unspecified atom stereocenters. The van der Waals surface area contributed by atoms with E-state index in [1.54, 1.807) is 4.90 Å². The lowest BCUT2D eigenvalue weighted by molar-refractivity contribution is -0.139. The second-order valence-corrected chi connectivity index (χ2v) is 10.5. The van der Waals surface area contributed by atoms with Gasteiger partial charge in [-0.1, -0.05) is 23.7 Å². The molecule has 1 aromatic carbocycles. The van der Waals surface area contributed by atoms with Crippen molar-refractivity contribution in [3.05, 3.63) is 45.6 Å². The van der Waals surface area contributed by atoms with E-state index in [1.165, 1.54) is 5.56 Å². The van der Waals surface area contributed by atoms with E-state index >= 15 is 0 Å². The molecule has 2 N–H and O–H groups in total. The first kappa shape index (κ1) is 25.7. The molecular weight excluding hydrogens is 464 g/mol. The summed E-state index contributed by atoms with van der Waals surface area (Å²) >= 11 is 6.30. The summed E-state index contributed by atoms with van der Waals surface area (Å²) in [6.07, 6.45) is 4.20. The van der Waals surface area contributed by atoms with Gasteiger partial charge in [-0.15, -0.1) is 0 Å². The molecule has 0 spiro atoms. The Hall–Kier alpha value is -2.38. The van der Waals surface area contributed by atoms with Gasteiger partial charge >= 0.3 is 0 Å². The van der Waals surface area contributed by atoms with Gasteiger partial charge in [-0.05, 0) is 76.0 Å². The van der Waals surface area contributed by atoms with E-state index in [-0.39, 0.29) is 36.3 Å². The Bertz CT molecular complexity index is 1020. The molecule has 3 aliphatic rings. The highest BCUT2D eigenvalue weighted by molar-refractivity contribution is 6.31. The number of rotatable bonds is 4. The molecule has 3 fully saturated rings. The van der Waals surface area contributed by atoms with Crippen LogP contribution in [0.2, 0.25) is 5.02 Å². The summed E-state index contributed by atoms with van der Waals surface area (Å²) in [6, 6.07) is 6.07. The zero-order valence-corrected chi connectivity index (χ0v) is 21.8. The predicted octanol–water partition coefficient (Wildman–Crippen LogP) is 3.83. The fraction of sp³-hybridized carbons (Fsp3) is 0.593. The van der Waals surface area contributed by atoms with Gasteiger partial charge < -0.3 is 20.3 Å². The topological polar surface area (TPSA) is 88.2 Å². The first-order valence-corrected chi connectivity index (χ1v) is 13.1. The van der Waals surface area contributed by atoms with Gasteiger partial charge in [0.15, 0.2) is 0 Å². The minimum atomic E-state index is -0.152. The number of halogens is 1. The average Bonchev–Trinajstić information content (AvgIpc) is 3.31. The summed E-state index contributed by atoms with van der Waals surface area (Å²) in [5.41, 5.74) is 10.7. The molecule has 0 bridgehead atoms. The molecule has 2 amide bonds. The number of carbonyl (C=O) groups excluding carboxylic acids is 2. The molecule has 190 valence electrons. The third-order valence-corrected chi connectivity index (χ3v) is 7.86. The molecule has 2 heterocycles. The molecule has 1 aromatic rings. The first-order valence-electron chi connectivity index (χ1n) is 12.7. The fourth-order valence-corrected chi connectivity index (χ4v) is 5.79. The Morgan fingerprint density at radius 1 is 1.11 bits per heavy atom. The number of carbonyl (C=O) groups is 2. The molecule has 35 heavy (non-hydrogen) atoms. The van der Waals surface area contributed by atoms with Gasteiger partial charge in [0.2, 0.25) is 5.91 Å². The summed E-state index contributed by atoms with van der Waals surface area (Å²) in [4.78, 5) is 34.3. The Morgan fingerprint density at radius 3 is 2.49 bits per heavy atom. The Labute approximate surface area is 213 Å². The van der Waals surface area contributed by atoms with Crippen LogP contribution in [0.1, 0.15) is 63.0 Å². The highest BCUT2D eigenvalue weighted by atomic mass is 35.5. The van der Waals surface area contributed by atoms with Crippen LogP contribution in [0, 0.1) is 6.92 Å². The summed E-state index contributed by atoms with van der Waals surface area (Å²) in [5.74, 6) is 0.303. The summed E-state index contributed by atoms with van der Waals surface area (Å²) in [6.45, 7) is 8.60. The number of benzene rings is 1. The molecule has 1 aliphatic carbocycles. The number of hydrogen-bond donors (Lipinski definition) is 1. The van der Waals surface area contributed by atoms with Crippen molar-refractivity contribution in [2.45, 2.75) is 71.0 Å². The first-order chi connectivity index (χ1) is 16.7. The highest BCUT2D eigenvalue weighted by Gasteiger charge is 2.30. The third kappa shape index (κ3) is 5.89. The van der Waals surface area contributed by atoms with Gasteiger partial charge in [0.05, 0.1) is 12.2 Å². The number of hydrogen-bond acceptors (Lipinski definition) is 5. The molecule has 0 aromatic heterocycles. The van der Waals surface area contributed by atoms with E-state index in [2.05, 4.69) is 18.0 Å². The summed E-state index contributed by atoms with van der Waals surface area (Å²) in [5, 5.41) is 0.799. The minimum Gasteiger partial charge on any atom is -0.394 e. The largest absolute Gasteiger partial charge is 0.394 e. The minimum absolute atomic E-state index is 0.0123. The second kappa shape index (κ2) is 11.1. The number of amides is 2. The van der Waals surface area contributed by atoms with Crippen molar-refractivity contribution in [3.8, 4) is 0 Å². The van der Waals surface area contributed by atoms with Crippen LogP contribution in [0.4, 0.5) is 0 Å². The third-order valence-electron chi connectivity index (χ3n) is 7.45. The van der Waals surface area contributed by atoms with Gasteiger partial charge in [-0.3, -0.25) is 14.6 Å². The number of morpholine rings is 1. The number of nitrogens with two attached hydrogens (primary N) is 1. The molecule has 7 nitrogen and oxygen atoms in total. The smallest absolute Gasteiger partial charge is 0.270 e. The molecule has 0 radical (unpaired) electrons. The fourth-order valence-electron chi connectivity index (χ4n) is 5.60. The molecular formula is C27H37ClN4O3. The molecule has 2 aliphatic heterocycles. The van der Waals surface area contributed by atoms with E-state index in [0.717, 1.165) is 67.1 Å². The maximum absolute atomic E-state index is 13.0. The Balaban J connectivity index is 1.36. The lowest BCUT2D eigenvalue weighted by atomic mass is 9.87. The second-order valence-electron chi connectivity index (χ2n) is 10.1. The van der Waals surface area contributed by atoms with E-state index in [1.807, 2.05) is 30.9 Å². The number of allylic oxidation sites excluding steroid dienone is 1. The molecule has 1 saturated carbocycles. The maximum Gasteiger partial charge on any atom is 0.270 e. The van der Waals surface area contributed by atoms with Crippen molar-refractivity contribution in [3.63, 3.8) is 0 Å². The van der Waals surface area contributed by atoms with Crippen LogP contribution < -0.4 is 5.73 Å². The molecule has 8 heteroatoms. The van der Waals surface area contributed by atoms with Crippen molar-refractivity contribution < 1.29 is 14.3 Å². The highest BCUT2D eigenvalue weighted by Crippen LogP contribution is 2.33. The van der Waals surface area contributed by atoms with Crippen molar-refractivity contribution in [2.75, 3.05) is 32.7 Å². The van der Waals surface area contributed by atoms with Crippen molar-refractivity contribution >= 4 is 29.1 Å². The van der Waals surface area contributed by atoms with Crippen LogP contribution in [-0.2, 0) is 14.3 Å². The average molecular weight is 501 g/mol. The molecule has 2 atom stereocenters. The van der Waals surface area contributed by atoms with Gasteiger partial charge in [0.25, 0.3) is 5.91 Å². The van der Waals surface area contributed by atoms with E-state index in [9.17, 15) is 9.59 Å². The van der Waals surface area contributed by atoms with E-state index < -0.39 is 0 Å². The Morgan fingerprint density at radius 2 is 1.80 bits per heavy atom. The van der Waals surface area contributed by atoms with Gasteiger partial charge in [-0.25, -0.2) is 0 Å². The Kier molecular flexibility index (Phi) is 8.17. The SMILES string of the molecule is Cc1c(Cl)cccc1C1CCN(C(=O)CN=C2CCC/C2=C(/N)C(=O)N2C[C@@H](C)O[C@@H](C)C2)CC1. The number of aliphatic imine (C=N–C) groups is 1. The van der Waals surface area contributed by atoms with Crippen LogP contribution >= 0.6 is 11.6 Å². The van der Waals surface area contributed by atoms with Gasteiger partial charge in [0.1, 0.15) is 12.2 Å².